The van der Waals surface area contributed by atoms with Gasteiger partial charge >= 0.3 is 6.03 Å². The predicted octanol–water partition coefficient (Wildman–Crippen LogP) is 2.22. The lowest BCUT2D eigenvalue weighted by atomic mass is 10.1. The lowest BCUT2D eigenvalue weighted by Crippen LogP contribution is -2.57. The van der Waals surface area contributed by atoms with Crippen molar-refractivity contribution in [3.8, 4) is 11.5 Å². The molecule has 7 nitrogen and oxygen atoms in total. The number of carbonyl (C=O) groups is 2. The molecular formula is C17H25N3O4. The highest BCUT2D eigenvalue weighted by atomic mass is 16.5. The Morgan fingerprint density at radius 1 is 1.42 bits per heavy atom. The number of anilines is 1. The second-order valence-electron chi connectivity index (χ2n) is 5.87. The molecule has 0 bridgehead atoms. The van der Waals surface area contributed by atoms with Crippen LogP contribution < -0.4 is 20.1 Å². The Hall–Kier alpha value is -2.44. The average molecular weight is 335 g/mol. The van der Waals surface area contributed by atoms with E-state index < -0.39 is 6.04 Å². The molecule has 0 spiro atoms. The minimum Gasteiger partial charge on any atom is -0.493 e. The number of piperazine rings is 1. The molecule has 132 valence electrons. The van der Waals surface area contributed by atoms with Crippen LogP contribution in [0, 0.1) is 0 Å². The van der Waals surface area contributed by atoms with Crippen LogP contribution in [0.2, 0.25) is 0 Å². The first-order valence-electron chi connectivity index (χ1n) is 8.16. The highest BCUT2D eigenvalue weighted by Crippen LogP contribution is 2.31. The Balaban J connectivity index is 2.14. The molecule has 24 heavy (non-hydrogen) atoms. The molecule has 0 saturated carbocycles. The van der Waals surface area contributed by atoms with E-state index in [0.717, 1.165) is 0 Å². The summed E-state index contributed by atoms with van der Waals surface area (Å²) in [6.45, 7) is 6.68. The van der Waals surface area contributed by atoms with Crippen LogP contribution in [-0.4, -0.2) is 49.2 Å². The summed E-state index contributed by atoms with van der Waals surface area (Å²) in [5, 5.41) is 5.61. The third-order valence-corrected chi connectivity index (χ3v) is 3.76. The van der Waals surface area contributed by atoms with Crippen LogP contribution in [0.25, 0.3) is 0 Å². The van der Waals surface area contributed by atoms with Gasteiger partial charge in [0.05, 0.1) is 13.2 Å². The highest BCUT2D eigenvalue weighted by molar-refractivity contribution is 5.94. The van der Waals surface area contributed by atoms with Crippen molar-refractivity contribution in [2.24, 2.45) is 0 Å². The summed E-state index contributed by atoms with van der Waals surface area (Å²) >= 11 is 0. The third kappa shape index (κ3) is 4.10. The van der Waals surface area contributed by atoms with E-state index in [1.54, 1.807) is 30.2 Å². The molecule has 1 heterocycles. The van der Waals surface area contributed by atoms with Gasteiger partial charge in [-0.3, -0.25) is 4.79 Å². The smallest absolute Gasteiger partial charge is 0.322 e. The molecule has 0 aliphatic carbocycles. The number of amides is 3. The Morgan fingerprint density at radius 3 is 2.79 bits per heavy atom. The van der Waals surface area contributed by atoms with E-state index in [2.05, 4.69) is 10.6 Å². The fourth-order valence-electron chi connectivity index (χ4n) is 2.66. The molecule has 2 rings (SSSR count). The average Bonchev–Trinajstić information content (AvgIpc) is 2.54. The number of carbonyl (C=O) groups excluding carboxylic acids is 2. The fourth-order valence-corrected chi connectivity index (χ4v) is 2.66. The Labute approximate surface area is 142 Å². The first kappa shape index (κ1) is 17.9. The molecule has 1 fully saturated rings. The quantitative estimate of drug-likeness (QED) is 0.865. The molecule has 1 aromatic rings. The van der Waals surface area contributed by atoms with E-state index in [-0.39, 0.29) is 18.0 Å². The molecule has 1 aliphatic heterocycles. The molecule has 0 aromatic heterocycles. The van der Waals surface area contributed by atoms with E-state index in [4.69, 9.17) is 9.47 Å². The van der Waals surface area contributed by atoms with Crippen LogP contribution >= 0.6 is 0 Å². The van der Waals surface area contributed by atoms with Crippen LogP contribution in [0.4, 0.5) is 10.5 Å². The number of methoxy groups -OCH3 is 1. The number of ether oxygens (including phenoxy) is 2. The maximum Gasteiger partial charge on any atom is 0.322 e. The minimum absolute atomic E-state index is 0.0138. The van der Waals surface area contributed by atoms with Crippen molar-refractivity contribution in [1.29, 1.82) is 0 Å². The van der Waals surface area contributed by atoms with Crippen LogP contribution in [0.15, 0.2) is 18.2 Å². The molecule has 3 amide bonds. The van der Waals surface area contributed by atoms with Gasteiger partial charge < -0.3 is 25.0 Å². The molecular weight excluding hydrogens is 310 g/mol. The van der Waals surface area contributed by atoms with Gasteiger partial charge in [-0.15, -0.1) is 0 Å². The number of urea groups is 1. The van der Waals surface area contributed by atoms with Crippen LogP contribution in [-0.2, 0) is 4.79 Å². The number of hydrogen-bond donors (Lipinski definition) is 2. The van der Waals surface area contributed by atoms with Crippen molar-refractivity contribution in [3.63, 3.8) is 0 Å². The van der Waals surface area contributed by atoms with E-state index in [1.165, 1.54) is 0 Å². The molecule has 0 unspecified atom stereocenters. The summed E-state index contributed by atoms with van der Waals surface area (Å²) in [6, 6.07) is 4.48. The van der Waals surface area contributed by atoms with Crippen molar-refractivity contribution < 1.29 is 19.1 Å². The number of rotatable bonds is 5. The van der Waals surface area contributed by atoms with E-state index in [9.17, 15) is 9.59 Å². The van der Waals surface area contributed by atoms with Crippen LogP contribution in [0.1, 0.15) is 27.2 Å². The van der Waals surface area contributed by atoms with Gasteiger partial charge in [0, 0.05) is 24.8 Å². The zero-order valence-corrected chi connectivity index (χ0v) is 14.6. The van der Waals surface area contributed by atoms with Gasteiger partial charge in [-0.25, -0.2) is 4.79 Å². The van der Waals surface area contributed by atoms with Gasteiger partial charge in [-0.2, -0.15) is 0 Å². The summed E-state index contributed by atoms with van der Waals surface area (Å²) < 4.78 is 11.0. The van der Waals surface area contributed by atoms with Gasteiger partial charge in [0.25, 0.3) is 0 Å². The first-order chi connectivity index (χ1) is 11.5. The van der Waals surface area contributed by atoms with Crippen molar-refractivity contribution in [1.82, 2.24) is 10.2 Å². The predicted molar refractivity (Wildman–Crippen MR) is 91.6 cm³/mol. The van der Waals surface area contributed by atoms with Crippen LogP contribution in [0.5, 0.6) is 11.5 Å². The molecule has 1 saturated heterocycles. The summed E-state index contributed by atoms with van der Waals surface area (Å²) in [7, 11) is 1.57. The molecule has 7 heteroatoms. The van der Waals surface area contributed by atoms with Crippen molar-refractivity contribution in [2.45, 2.75) is 39.3 Å². The summed E-state index contributed by atoms with van der Waals surface area (Å²) in [5.41, 5.74) is 0.595. The Kier molecular flexibility index (Phi) is 5.89. The summed E-state index contributed by atoms with van der Waals surface area (Å²) in [6.07, 6.45) is 0.559. The normalized spacial score (nSPS) is 17.5. The number of nitrogens with one attached hydrogen (secondary N) is 2. The van der Waals surface area contributed by atoms with Gasteiger partial charge in [0.1, 0.15) is 6.04 Å². The number of nitrogens with zero attached hydrogens (tertiary/aromatic N) is 1. The fraction of sp³-hybridized carbons (Fsp3) is 0.529. The third-order valence-electron chi connectivity index (χ3n) is 3.76. The van der Waals surface area contributed by atoms with E-state index >= 15 is 0 Å². The van der Waals surface area contributed by atoms with Gasteiger partial charge in [0.2, 0.25) is 5.91 Å². The lowest BCUT2D eigenvalue weighted by Gasteiger charge is -2.34. The van der Waals surface area contributed by atoms with Gasteiger partial charge in [-0.05, 0) is 32.4 Å². The molecule has 0 radical (unpaired) electrons. The maximum absolute atomic E-state index is 12.5. The Bertz CT molecular complexity index is 603. The summed E-state index contributed by atoms with van der Waals surface area (Å²) in [4.78, 5) is 26.0. The zero-order chi connectivity index (χ0) is 17.7. The largest absolute Gasteiger partial charge is 0.493 e. The van der Waals surface area contributed by atoms with Crippen molar-refractivity contribution >= 4 is 17.6 Å². The van der Waals surface area contributed by atoms with E-state index in [0.29, 0.717) is 36.7 Å². The zero-order valence-electron chi connectivity index (χ0n) is 14.6. The standard InChI is InChI=1S/C17H25N3O4/c1-5-13-16(21)18-8-9-20(13)17(22)19-12-6-7-14(23-4)15(10-12)24-11(2)3/h6-7,10-11,13H,5,8-9H2,1-4H3,(H,18,21)(H,19,22)/t13-/m1/s1. The van der Waals surface area contributed by atoms with E-state index in [1.807, 2.05) is 20.8 Å². The highest BCUT2D eigenvalue weighted by Gasteiger charge is 2.31. The second-order valence-corrected chi connectivity index (χ2v) is 5.87. The number of hydrogen-bond acceptors (Lipinski definition) is 4. The number of benzene rings is 1. The maximum atomic E-state index is 12.5. The summed E-state index contributed by atoms with van der Waals surface area (Å²) in [5.74, 6) is 1.05. The lowest BCUT2D eigenvalue weighted by molar-refractivity contribution is -0.127. The SMILES string of the molecule is CC[C@@H]1C(=O)NCCN1C(=O)Nc1ccc(OC)c(OC(C)C)c1. The molecule has 1 aliphatic rings. The molecule has 1 aromatic carbocycles. The topological polar surface area (TPSA) is 79.9 Å². The van der Waals surface area contributed by atoms with Gasteiger partial charge in [0.15, 0.2) is 11.5 Å². The first-order valence-corrected chi connectivity index (χ1v) is 8.16. The minimum atomic E-state index is -0.441. The van der Waals surface area contributed by atoms with Crippen molar-refractivity contribution in [3.05, 3.63) is 18.2 Å². The van der Waals surface area contributed by atoms with Gasteiger partial charge in [-0.1, -0.05) is 6.92 Å². The van der Waals surface area contributed by atoms with Crippen LogP contribution in [0.3, 0.4) is 0 Å². The molecule has 1 atom stereocenters. The monoisotopic (exact) mass is 335 g/mol. The van der Waals surface area contributed by atoms with Crippen molar-refractivity contribution in [2.75, 3.05) is 25.5 Å². The Morgan fingerprint density at radius 2 is 2.17 bits per heavy atom. The molecule has 2 N–H and O–H groups in total. The second kappa shape index (κ2) is 7.90.